The Labute approximate surface area is 283 Å². The van der Waals surface area contributed by atoms with Gasteiger partial charge in [-0.15, -0.1) is 0 Å². The van der Waals surface area contributed by atoms with Gasteiger partial charge in [-0.05, 0) is 83.8 Å². The second-order valence-corrected chi connectivity index (χ2v) is 13.0. The largest absolute Gasteiger partial charge is 0.0623 e. The average Bonchev–Trinajstić information content (AvgIpc) is 3.89. The van der Waals surface area contributed by atoms with Crippen LogP contribution in [0.15, 0.2) is 127 Å². The molecule has 8 bridgehead atoms. The summed E-state index contributed by atoms with van der Waals surface area (Å²) in [5.74, 6) is 0. The van der Waals surface area contributed by atoms with Gasteiger partial charge in [0, 0.05) is 22.1 Å². The van der Waals surface area contributed by atoms with Gasteiger partial charge in [0.1, 0.15) is 0 Å². The van der Waals surface area contributed by atoms with Gasteiger partial charge < -0.3 is 9.97 Å². The van der Waals surface area contributed by atoms with E-state index in [0.29, 0.717) is 0 Å². The van der Waals surface area contributed by atoms with E-state index in [1.165, 1.54) is 16.7 Å². The van der Waals surface area contributed by atoms with Crippen molar-refractivity contribution in [1.29, 1.82) is 0 Å². The van der Waals surface area contributed by atoms with Crippen molar-refractivity contribution in [3.05, 3.63) is 161 Å². The Balaban J connectivity index is 0.000000143. The predicted molar refractivity (Wildman–Crippen MR) is 191 cm³/mol. The van der Waals surface area contributed by atoms with Crippen LogP contribution in [0, 0.1) is 0 Å². The monoisotopic (exact) mass is 699 g/mol. The number of H-pyrrole nitrogens is 2. The van der Waals surface area contributed by atoms with E-state index in [-0.39, 0.29) is 11.0 Å². The molecule has 9 rings (SSSR count). The van der Waals surface area contributed by atoms with Crippen LogP contribution in [0.3, 0.4) is 0 Å². The number of nitrogens with one attached hydrogen (secondary N) is 2. The Bertz CT molecular complexity index is 1980. The molecule has 0 saturated heterocycles. The fraction of sp³-hybridized carbons (Fsp3) is 0.0256. The number of fused-ring (bicyclic) bond motifs is 11. The van der Waals surface area contributed by atoms with Gasteiger partial charge in [0.2, 0.25) is 0 Å². The maximum atomic E-state index is 4.63. The predicted octanol–water partition coefficient (Wildman–Crippen LogP) is 7.32. The van der Waals surface area contributed by atoms with Crippen LogP contribution in [-0.2, 0) is 32.2 Å². The molecule has 5 heterocycles. The molecule has 6 aromatic rings. The average molecular weight is 698 g/mol. The first-order chi connectivity index (χ1) is 21.7. The van der Waals surface area contributed by atoms with Crippen LogP contribution < -0.4 is 3.12 Å². The van der Waals surface area contributed by atoms with E-state index in [1.807, 2.05) is 85.0 Å². The molecule has 0 saturated carbocycles. The van der Waals surface area contributed by atoms with E-state index in [4.69, 9.17) is 0 Å². The fourth-order valence-electron chi connectivity index (χ4n) is 5.55. The van der Waals surface area contributed by atoms with Gasteiger partial charge in [0.15, 0.2) is 0 Å². The van der Waals surface area contributed by atoms with Crippen LogP contribution in [-0.4, -0.2) is 30.9 Å². The molecule has 1 aliphatic carbocycles. The molecule has 45 heavy (non-hydrogen) atoms. The van der Waals surface area contributed by atoms with Gasteiger partial charge in [-0.1, -0.05) is 36.4 Å². The van der Waals surface area contributed by atoms with Crippen LogP contribution in [0.1, 0.15) is 33.9 Å². The smallest absolute Gasteiger partial charge is 0.0149 e. The molecule has 2 aliphatic heterocycles. The second kappa shape index (κ2) is 14.0. The van der Waals surface area contributed by atoms with Crippen molar-refractivity contribution < 1.29 is 25.8 Å². The SMILES string of the molecule is C1=Cc2cc3ccc(cc4nc(cc5ccc(cc1n2)[nH]5)C=C4)[nH]3.[Cd][c]1cccc2c1Cc1ccccc1-2.[SiH4].c1ccccc1. The molecule has 0 spiro atoms. The maximum Gasteiger partial charge on any atom is -0.0149 e. The standard InChI is InChI=1S/C20H14N4.C13H9.C6H6.Cd.H4Si/c1-2-14-10-16-5-6-18(23-16)12-20-8-7-19(24-20)11-17-4-3-15(22-17)9-13(1)21-14;1-3-7-12-10(5-1)9-11-6-2-4-8-13(11)12;1-2-4-6-5-3-1;;/h1-12,21,24H;1-5,7-8H,9H2;1-6H;;1H4. The Hall–Kier alpha value is -4.60. The summed E-state index contributed by atoms with van der Waals surface area (Å²) >= 11 is 0.923. The van der Waals surface area contributed by atoms with Crippen LogP contribution >= 0.6 is 0 Å². The number of benzene rings is 3. The van der Waals surface area contributed by atoms with E-state index in [1.54, 1.807) is 8.69 Å². The van der Waals surface area contributed by atoms with E-state index >= 15 is 0 Å². The number of aromatic amines is 2. The van der Waals surface area contributed by atoms with E-state index < -0.39 is 0 Å². The summed E-state index contributed by atoms with van der Waals surface area (Å²) in [5, 5.41) is 0. The van der Waals surface area contributed by atoms with Crippen molar-refractivity contribution >= 4 is 60.5 Å². The molecule has 0 amide bonds. The van der Waals surface area contributed by atoms with E-state index in [9.17, 15) is 0 Å². The zero-order valence-corrected chi connectivity index (χ0v) is 28.3. The number of hydrogen-bond donors (Lipinski definition) is 2. The van der Waals surface area contributed by atoms with Crippen molar-refractivity contribution in [1.82, 2.24) is 19.9 Å². The Morgan fingerprint density at radius 2 is 0.889 bits per heavy atom. The van der Waals surface area contributed by atoms with Gasteiger partial charge in [-0.2, -0.15) is 0 Å². The molecule has 6 heteroatoms. The summed E-state index contributed by atoms with van der Waals surface area (Å²) in [6.07, 6.45) is 9.24. The minimum absolute atomic E-state index is 0. The van der Waals surface area contributed by atoms with Crippen LogP contribution in [0.5, 0.6) is 0 Å². The summed E-state index contributed by atoms with van der Waals surface area (Å²) in [7, 11) is 0. The summed E-state index contributed by atoms with van der Waals surface area (Å²) in [6.45, 7) is 0. The molecule has 3 aromatic heterocycles. The molecule has 0 atom stereocenters. The minimum Gasteiger partial charge on any atom is -0.0623 e. The maximum absolute atomic E-state index is 4.63. The Morgan fingerprint density at radius 1 is 0.467 bits per heavy atom. The molecule has 0 unspecified atom stereocenters. The van der Waals surface area contributed by atoms with Crippen molar-refractivity contribution in [2.45, 2.75) is 6.42 Å². The molecular weight excluding hydrogens is 665 g/mol. The molecule has 3 aromatic carbocycles. The quantitative estimate of drug-likeness (QED) is 0.163. The fourth-order valence-corrected chi connectivity index (χ4v) is 6.84. The van der Waals surface area contributed by atoms with E-state index in [2.05, 4.69) is 86.7 Å². The first kappa shape index (κ1) is 30.4. The zero-order chi connectivity index (χ0) is 29.7. The van der Waals surface area contributed by atoms with Gasteiger partial charge >= 0.3 is 100 Å². The van der Waals surface area contributed by atoms with Gasteiger partial charge in [-0.3, -0.25) is 0 Å². The number of nitrogens with zero attached hydrogens (tertiary/aromatic N) is 2. The van der Waals surface area contributed by atoms with Gasteiger partial charge in [0.05, 0.1) is 22.8 Å². The topological polar surface area (TPSA) is 57.4 Å². The normalized spacial score (nSPS) is 11.7. The van der Waals surface area contributed by atoms with Crippen LogP contribution in [0.25, 0.3) is 57.5 Å². The molecule has 3 aliphatic rings. The second-order valence-electron chi connectivity index (χ2n) is 10.8. The van der Waals surface area contributed by atoms with Gasteiger partial charge in [-0.25, -0.2) is 9.97 Å². The minimum atomic E-state index is 0. The number of aromatic nitrogens is 4. The summed E-state index contributed by atoms with van der Waals surface area (Å²) in [6, 6.07) is 43.9. The Morgan fingerprint density at radius 3 is 1.36 bits per heavy atom. The van der Waals surface area contributed by atoms with Crippen LogP contribution in [0.2, 0.25) is 0 Å². The summed E-state index contributed by atoms with van der Waals surface area (Å²) in [5.41, 5.74) is 13.9. The first-order valence-electron chi connectivity index (χ1n) is 14.7. The van der Waals surface area contributed by atoms with Crippen molar-refractivity contribution in [2.75, 3.05) is 0 Å². The number of rotatable bonds is 0. The zero-order valence-electron chi connectivity index (χ0n) is 24.2. The molecule has 0 fully saturated rings. The third kappa shape index (κ3) is 7.38. The van der Waals surface area contributed by atoms with Crippen LogP contribution in [0.4, 0.5) is 0 Å². The molecule has 4 nitrogen and oxygen atoms in total. The molecule has 215 valence electrons. The molecular formula is C39H33CdN4Si. The van der Waals surface area contributed by atoms with Crippen molar-refractivity contribution in [2.24, 2.45) is 0 Å². The third-order valence-corrected chi connectivity index (χ3v) is 9.55. The van der Waals surface area contributed by atoms with Gasteiger partial charge in [0.25, 0.3) is 0 Å². The third-order valence-electron chi connectivity index (χ3n) is 7.66. The number of hydrogen-bond acceptors (Lipinski definition) is 2. The molecule has 0 radical (unpaired) electrons. The Kier molecular flexibility index (Phi) is 9.47. The van der Waals surface area contributed by atoms with Crippen molar-refractivity contribution in [3.63, 3.8) is 0 Å². The first-order valence-corrected chi connectivity index (χ1v) is 16.7. The molecule has 2 N–H and O–H groups in total. The summed E-state index contributed by atoms with van der Waals surface area (Å²) < 4.78 is 1.59. The van der Waals surface area contributed by atoms with E-state index in [0.717, 1.165) is 77.0 Å². The summed E-state index contributed by atoms with van der Waals surface area (Å²) in [4.78, 5) is 16.0. The van der Waals surface area contributed by atoms with Crippen molar-refractivity contribution in [3.8, 4) is 11.1 Å².